The molecule has 0 nitrogen and oxygen atoms in total. The van der Waals surface area contributed by atoms with E-state index in [1.807, 2.05) is 3.21 Å². The average molecular weight is 865 g/mol. The first-order chi connectivity index (χ1) is 25.4. The van der Waals surface area contributed by atoms with Gasteiger partial charge in [-0.2, -0.15) is 0 Å². The van der Waals surface area contributed by atoms with Gasteiger partial charge in [-0.1, -0.05) is 0 Å². The van der Waals surface area contributed by atoms with Crippen LogP contribution in [-0.2, 0) is 32.1 Å². The van der Waals surface area contributed by atoms with Gasteiger partial charge in [0.05, 0.1) is 0 Å². The van der Waals surface area contributed by atoms with Crippen molar-refractivity contribution < 1.29 is 21.3 Å². The number of fused-ring (bicyclic) bond motifs is 8. The summed E-state index contributed by atoms with van der Waals surface area (Å²) >= 11 is -3.09. The van der Waals surface area contributed by atoms with Crippen molar-refractivity contribution in [3.8, 4) is 0 Å². The largest absolute Gasteiger partial charge is 0.147 e. The molecule has 0 aliphatic heterocycles. The molecular weight excluding hydrogens is 799 g/mol. The van der Waals surface area contributed by atoms with Crippen LogP contribution in [0.4, 0.5) is 0 Å². The molecule has 0 heterocycles. The van der Waals surface area contributed by atoms with E-state index in [2.05, 4.69) is 229 Å². The number of benzene rings is 2. The molecule has 9 unspecified atom stereocenters. The molecule has 0 radical (unpaired) electrons. The Hall–Kier alpha value is -2.31. The first-order valence-corrected chi connectivity index (χ1v) is 24.6. The summed E-state index contributed by atoms with van der Waals surface area (Å²) in [7, 11) is 0. The maximum atomic E-state index is 2.84. The zero-order valence-electron chi connectivity index (χ0n) is 36.0. The summed E-state index contributed by atoms with van der Waals surface area (Å²) in [6.07, 6.45) is 36.5. The SMILES string of the molecule is CC1=CC=CC2[CH]([Zr]([C]3=CC=CC3)=[C](C(C)(C)c3ccccc3)C(C)(C)c3ccccc3)C3(C)C4(C)C=CC=CC4(C)C4(C)C=CC=CC4(C)C3(C)C12C.Cl.Cl. The van der Waals surface area contributed by atoms with Crippen molar-refractivity contribution in [1.29, 1.82) is 0 Å². The molecule has 0 bridgehead atoms. The fourth-order valence-corrected chi connectivity index (χ4v) is 27.7. The third-order valence-corrected chi connectivity index (χ3v) is 29.3. The maximum Gasteiger partial charge on any atom is -0.147 e. The van der Waals surface area contributed by atoms with E-state index < -0.39 is 21.3 Å². The zero-order chi connectivity index (χ0) is 38.8. The van der Waals surface area contributed by atoms with Gasteiger partial charge < -0.3 is 0 Å². The third kappa shape index (κ3) is 4.84. The van der Waals surface area contributed by atoms with Gasteiger partial charge in [0.1, 0.15) is 0 Å². The number of rotatable bonds is 6. The van der Waals surface area contributed by atoms with Crippen LogP contribution in [0.5, 0.6) is 0 Å². The average Bonchev–Trinajstić information content (AvgIpc) is 3.75. The van der Waals surface area contributed by atoms with Crippen LogP contribution in [0.15, 0.2) is 155 Å². The maximum absolute atomic E-state index is 3.09. The molecule has 0 N–H and O–H groups in total. The molecule has 296 valence electrons. The van der Waals surface area contributed by atoms with Crippen molar-refractivity contribution >= 4 is 28.0 Å². The summed E-state index contributed by atoms with van der Waals surface area (Å²) in [5.41, 5.74) is 3.38. The molecule has 3 heteroatoms. The first-order valence-electron chi connectivity index (χ1n) is 20.7. The van der Waals surface area contributed by atoms with Crippen LogP contribution in [0.1, 0.15) is 101 Å². The summed E-state index contributed by atoms with van der Waals surface area (Å²) in [6.45, 7) is 31.9. The molecule has 8 rings (SSSR count). The van der Waals surface area contributed by atoms with E-state index in [1.165, 1.54) is 11.1 Å². The summed E-state index contributed by atoms with van der Waals surface area (Å²) in [6, 6.07) is 23.1. The minimum absolute atomic E-state index is 0. The number of halogens is 2. The molecule has 6 aliphatic carbocycles. The van der Waals surface area contributed by atoms with Crippen molar-refractivity contribution in [3.63, 3.8) is 0 Å². The monoisotopic (exact) mass is 862 g/mol. The van der Waals surface area contributed by atoms with Crippen LogP contribution < -0.4 is 0 Å². The topological polar surface area (TPSA) is 0 Å². The predicted octanol–water partition coefficient (Wildman–Crippen LogP) is 14.7. The second-order valence-electron chi connectivity index (χ2n) is 20.1. The van der Waals surface area contributed by atoms with Gasteiger partial charge in [0.2, 0.25) is 0 Å². The molecule has 6 aliphatic rings. The second-order valence-corrected chi connectivity index (χ2v) is 26.5. The van der Waals surface area contributed by atoms with Crippen LogP contribution in [0.25, 0.3) is 0 Å². The van der Waals surface area contributed by atoms with Gasteiger partial charge in [-0.3, -0.25) is 0 Å². The van der Waals surface area contributed by atoms with Crippen LogP contribution in [0.3, 0.4) is 0 Å². The van der Waals surface area contributed by atoms with E-state index in [0.717, 1.165) is 6.42 Å². The molecule has 56 heavy (non-hydrogen) atoms. The molecule has 2 aromatic rings. The Labute approximate surface area is 360 Å². The smallest absolute Gasteiger partial charge is 0.147 e. The minimum Gasteiger partial charge on any atom is -0.147 e. The van der Waals surface area contributed by atoms with E-state index in [0.29, 0.717) is 9.54 Å². The molecule has 2 fully saturated rings. The Bertz CT molecular complexity index is 2120. The van der Waals surface area contributed by atoms with Gasteiger partial charge in [-0.15, -0.1) is 24.8 Å². The molecule has 2 saturated carbocycles. The zero-order valence-corrected chi connectivity index (χ0v) is 40.1. The van der Waals surface area contributed by atoms with Crippen molar-refractivity contribution in [1.82, 2.24) is 0 Å². The van der Waals surface area contributed by atoms with Gasteiger partial charge in [-0.25, -0.2) is 0 Å². The Morgan fingerprint density at radius 2 is 1.05 bits per heavy atom. The van der Waals surface area contributed by atoms with Crippen molar-refractivity contribution in [2.45, 2.75) is 104 Å². The van der Waals surface area contributed by atoms with E-state index >= 15 is 0 Å². The number of allylic oxidation sites excluding steroid dienone is 16. The standard InChI is InChI=1S/C29H37.C19H22.C5H5.2ClH.Zr/c1-21-14-13-15-22-20-27(6)25(4)18-10-9-16-23(25,2)24(3)17-11-12-19-26(24,5)29(27,8)28(21,22)7;1-18(2,16-11-7-5-8-12-16)15-19(3,4)17-13-9-6-10-14-17;1-2-4-5-3-1;;;/h9-20,22H,1-8H3;5-14H,1-4H3;1-3H,4H2;2*1H;. The van der Waals surface area contributed by atoms with Crippen LogP contribution in [0.2, 0.25) is 3.63 Å². The summed E-state index contributed by atoms with van der Waals surface area (Å²) in [4.78, 5) is 0. The summed E-state index contributed by atoms with van der Waals surface area (Å²) in [5, 5.41) is 0. The Morgan fingerprint density at radius 3 is 1.54 bits per heavy atom. The van der Waals surface area contributed by atoms with E-state index in [9.17, 15) is 0 Å². The molecule has 2 aromatic carbocycles. The fourth-order valence-electron chi connectivity index (χ4n) is 14.8. The number of hydrogen-bond acceptors (Lipinski definition) is 0. The van der Waals surface area contributed by atoms with Crippen molar-refractivity contribution in [3.05, 3.63) is 166 Å². The molecular formula is C53H66Cl2Zr. The van der Waals surface area contributed by atoms with Crippen LogP contribution in [-0.4, -0.2) is 3.21 Å². The van der Waals surface area contributed by atoms with Gasteiger partial charge in [0.15, 0.2) is 0 Å². The predicted molar refractivity (Wildman–Crippen MR) is 244 cm³/mol. The minimum atomic E-state index is -3.09. The molecule has 0 spiro atoms. The summed E-state index contributed by atoms with van der Waals surface area (Å²) < 4.78 is 4.10. The fraction of sp³-hybridized carbons (Fsp3) is 0.453. The van der Waals surface area contributed by atoms with Gasteiger partial charge in [0.25, 0.3) is 0 Å². The molecule has 0 amide bonds. The third-order valence-electron chi connectivity index (χ3n) is 18.4. The van der Waals surface area contributed by atoms with Crippen LogP contribution in [0, 0.1) is 43.8 Å². The van der Waals surface area contributed by atoms with Gasteiger partial charge in [0, 0.05) is 0 Å². The molecule has 9 atom stereocenters. The first kappa shape index (κ1) is 43.3. The normalized spacial score (nSPS) is 38.6. The van der Waals surface area contributed by atoms with E-state index in [4.69, 9.17) is 0 Å². The Morgan fingerprint density at radius 1 is 0.589 bits per heavy atom. The Kier molecular flexibility index (Phi) is 10.7. The molecule has 0 saturated heterocycles. The second kappa shape index (κ2) is 13.9. The van der Waals surface area contributed by atoms with E-state index in [-0.39, 0.29) is 73.5 Å². The van der Waals surface area contributed by atoms with Crippen LogP contribution >= 0.6 is 24.8 Å². The quantitative estimate of drug-likeness (QED) is 0.271. The summed E-state index contributed by atoms with van der Waals surface area (Å²) in [5.74, 6) is 0.403. The Balaban J connectivity index is 0.00000266. The molecule has 0 aromatic heterocycles. The van der Waals surface area contributed by atoms with E-state index in [1.54, 1.807) is 8.85 Å². The van der Waals surface area contributed by atoms with Gasteiger partial charge >= 0.3 is 338 Å². The van der Waals surface area contributed by atoms with Crippen molar-refractivity contribution in [2.24, 2.45) is 43.8 Å². The van der Waals surface area contributed by atoms with Crippen molar-refractivity contribution in [2.75, 3.05) is 0 Å². The van der Waals surface area contributed by atoms with Gasteiger partial charge in [-0.05, 0) is 0 Å². The number of hydrogen-bond donors (Lipinski definition) is 0.